The molecule has 0 atom stereocenters. The maximum Gasteiger partial charge on any atom is 0.266 e. The molecule has 0 aromatic heterocycles. The highest BCUT2D eigenvalue weighted by atomic mass is 32.2. The summed E-state index contributed by atoms with van der Waals surface area (Å²) in [7, 11) is -4.10. The van der Waals surface area contributed by atoms with E-state index in [0.717, 1.165) is 0 Å². The molecule has 4 N–H and O–H groups in total. The van der Waals surface area contributed by atoms with Gasteiger partial charge in [0.25, 0.3) is 10.1 Å². The fourth-order valence-corrected chi connectivity index (χ4v) is 1.30. The lowest BCUT2D eigenvalue weighted by atomic mass is 10.3. The van der Waals surface area contributed by atoms with E-state index in [2.05, 4.69) is 16.0 Å². The van der Waals surface area contributed by atoms with Crippen LogP contribution in [0.3, 0.4) is 0 Å². The zero-order valence-corrected chi connectivity index (χ0v) is 11.2. The molecule has 0 bridgehead atoms. The fourth-order valence-electron chi connectivity index (χ4n) is 0.944. The smallest absolute Gasteiger partial charge is 0.266 e. The lowest BCUT2D eigenvalue weighted by molar-refractivity contribution is -0.129. The first kappa shape index (κ1) is 16.8. The third kappa shape index (κ3) is 11.3. The third-order valence-corrected chi connectivity index (χ3v) is 2.52. The van der Waals surface area contributed by atoms with Gasteiger partial charge in [0.15, 0.2) is 0 Å². The number of amides is 2. The van der Waals surface area contributed by atoms with E-state index in [1.54, 1.807) is 0 Å². The molecule has 0 rings (SSSR count). The lowest BCUT2D eigenvalue weighted by Gasteiger charge is -2.09. The predicted molar refractivity (Wildman–Crippen MR) is 65.3 cm³/mol. The van der Waals surface area contributed by atoms with Crippen LogP contribution in [0.15, 0.2) is 0 Å². The number of rotatable bonds is 8. The summed E-state index contributed by atoms with van der Waals surface area (Å²) in [6.45, 7) is 3.85. The van der Waals surface area contributed by atoms with E-state index in [9.17, 15) is 18.0 Å². The van der Waals surface area contributed by atoms with Crippen LogP contribution in [0.25, 0.3) is 0 Å². The monoisotopic (exact) mass is 281 g/mol. The van der Waals surface area contributed by atoms with Gasteiger partial charge in [-0.1, -0.05) is 0 Å². The zero-order chi connectivity index (χ0) is 14.2. The predicted octanol–water partition coefficient (Wildman–Crippen LogP) is -1.55. The Morgan fingerprint density at radius 3 is 2.22 bits per heavy atom. The number of carbonyl (C=O) groups is 2. The Hall–Kier alpha value is -1.19. The maximum absolute atomic E-state index is 11.2. The molecule has 0 unspecified atom stereocenters. The normalized spacial score (nSPS) is 11.3. The summed E-state index contributed by atoms with van der Waals surface area (Å²) in [6.07, 6.45) is -0.384. The Balaban J connectivity index is 3.71. The molecule has 0 fully saturated rings. The topological polar surface area (TPSA) is 125 Å². The van der Waals surface area contributed by atoms with Gasteiger partial charge < -0.3 is 10.6 Å². The van der Waals surface area contributed by atoms with E-state index < -0.39 is 27.7 Å². The van der Waals surface area contributed by atoms with E-state index in [1.807, 2.05) is 13.8 Å². The first-order chi connectivity index (χ1) is 8.20. The number of carbonyl (C=O) groups excluding carboxylic acids is 2. The van der Waals surface area contributed by atoms with Crippen molar-refractivity contribution in [2.75, 3.05) is 19.0 Å². The fraction of sp³-hybridized carbons (Fsp3) is 0.778. The van der Waals surface area contributed by atoms with Gasteiger partial charge in [-0.15, -0.1) is 0 Å². The van der Waals surface area contributed by atoms with Gasteiger partial charge in [-0.25, -0.2) is 0 Å². The van der Waals surface area contributed by atoms with Crippen molar-refractivity contribution in [1.29, 1.82) is 0 Å². The number of hydrogen-bond acceptors (Lipinski definition) is 5. The average molecular weight is 281 g/mol. The SMILES string of the molecule is CC(C)NCNC(=O)CC(=O)NCCS(=O)(=O)O. The molecule has 0 spiro atoms. The molecular weight excluding hydrogens is 262 g/mol. The highest BCUT2D eigenvalue weighted by molar-refractivity contribution is 7.85. The van der Waals surface area contributed by atoms with Crippen molar-refractivity contribution in [1.82, 2.24) is 16.0 Å². The largest absolute Gasteiger partial charge is 0.355 e. The zero-order valence-electron chi connectivity index (χ0n) is 10.4. The number of hydrogen-bond donors (Lipinski definition) is 4. The molecule has 8 nitrogen and oxygen atoms in total. The van der Waals surface area contributed by atoms with Crippen molar-refractivity contribution in [2.45, 2.75) is 26.3 Å². The summed E-state index contributed by atoms with van der Waals surface area (Å²) < 4.78 is 29.1. The molecular formula is C9H19N3O5S. The first-order valence-electron chi connectivity index (χ1n) is 5.42. The quantitative estimate of drug-likeness (QED) is 0.242. The standard InChI is InChI=1S/C9H19N3O5S/c1-7(2)11-6-12-9(14)5-8(13)10-3-4-18(15,16)17/h7,11H,3-6H2,1-2H3,(H,10,13)(H,12,14)(H,15,16,17). The second kappa shape index (κ2) is 8.01. The molecule has 0 saturated heterocycles. The molecule has 0 aromatic rings. The van der Waals surface area contributed by atoms with E-state index in [0.29, 0.717) is 0 Å². The molecule has 18 heavy (non-hydrogen) atoms. The van der Waals surface area contributed by atoms with Gasteiger partial charge >= 0.3 is 0 Å². The Morgan fingerprint density at radius 2 is 1.72 bits per heavy atom. The highest BCUT2D eigenvalue weighted by Crippen LogP contribution is 1.83. The molecule has 9 heteroatoms. The van der Waals surface area contributed by atoms with Crippen molar-refractivity contribution in [2.24, 2.45) is 0 Å². The van der Waals surface area contributed by atoms with Crippen LogP contribution in [-0.2, 0) is 19.7 Å². The molecule has 0 aliphatic carbocycles. The second-order valence-electron chi connectivity index (χ2n) is 3.95. The first-order valence-corrected chi connectivity index (χ1v) is 7.03. The lowest BCUT2D eigenvalue weighted by Crippen LogP contribution is -2.39. The minimum Gasteiger partial charge on any atom is -0.355 e. The van der Waals surface area contributed by atoms with Gasteiger partial charge in [0.2, 0.25) is 11.8 Å². The Morgan fingerprint density at radius 1 is 1.17 bits per heavy atom. The summed E-state index contributed by atoms with van der Waals surface area (Å²) in [6, 6.07) is 0.217. The van der Waals surface area contributed by atoms with Crippen LogP contribution in [0.1, 0.15) is 20.3 Å². The van der Waals surface area contributed by atoms with E-state index in [4.69, 9.17) is 4.55 Å². The van der Waals surface area contributed by atoms with Crippen molar-refractivity contribution in [3.8, 4) is 0 Å². The maximum atomic E-state index is 11.2. The molecule has 0 heterocycles. The Bertz CT molecular complexity index is 380. The van der Waals surface area contributed by atoms with Crippen LogP contribution >= 0.6 is 0 Å². The van der Waals surface area contributed by atoms with Gasteiger partial charge in [-0.05, 0) is 13.8 Å². The summed E-state index contributed by atoms with van der Waals surface area (Å²) in [5.41, 5.74) is 0. The van der Waals surface area contributed by atoms with Crippen LogP contribution in [0.4, 0.5) is 0 Å². The summed E-state index contributed by atoms with van der Waals surface area (Å²) in [4.78, 5) is 22.4. The van der Waals surface area contributed by atoms with E-state index in [-0.39, 0.29) is 25.7 Å². The summed E-state index contributed by atoms with van der Waals surface area (Å²) in [5, 5.41) is 7.62. The average Bonchev–Trinajstić information content (AvgIpc) is 2.14. The molecule has 0 aromatic carbocycles. The van der Waals surface area contributed by atoms with Crippen LogP contribution in [0.2, 0.25) is 0 Å². The van der Waals surface area contributed by atoms with Crippen LogP contribution in [-0.4, -0.2) is 49.8 Å². The minimum atomic E-state index is -4.10. The summed E-state index contributed by atoms with van der Waals surface area (Å²) in [5.74, 6) is -1.64. The van der Waals surface area contributed by atoms with Crippen molar-refractivity contribution in [3.05, 3.63) is 0 Å². The van der Waals surface area contributed by atoms with Gasteiger partial charge in [0.1, 0.15) is 6.42 Å². The van der Waals surface area contributed by atoms with Gasteiger partial charge in [0.05, 0.1) is 12.4 Å². The van der Waals surface area contributed by atoms with Crippen molar-refractivity contribution < 1.29 is 22.6 Å². The van der Waals surface area contributed by atoms with E-state index >= 15 is 0 Å². The molecule has 0 radical (unpaired) electrons. The van der Waals surface area contributed by atoms with Crippen molar-refractivity contribution >= 4 is 21.9 Å². The van der Waals surface area contributed by atoms with Gasteiger partial charge in [0, 0.05) is 12.6 Å². The molecule has 106 valence electrons. The Kier molecular flexibility index (Phi) is 7.48. The van der Waals surface area contributed by atoms with Crippen LogP contribution in [0, 0.1) is 0 Å². The molecule has 0 saturated carbocycles. The van der Waals surface area contributed by atoms with Crippen LogP contribution in [0.5, 0.6) is 0 Å². The minimum absolute atomic E-state index is 0.217. The van der Waals surface area contributed by atoms with Crippen LogP contribution < -0.4 is 16.0 Å². The summed E-state index contributed by atoms with van der Waals surface area (Å²) >= 11 is 0. The molecule has 2 amide bonds. The number of nitrogens with one attached hydrogen (secondary N) is 3. The molecule has 0 aliphatic rings. The Labute approximate surface area is 106 Å². The van der Waals surface area contributed by atoms with E-state index in [1.165, 1.54) is 0 Å². The van der Waals surface area contributed by atoms with Gasteiger partial charge in [-0.2, -0.15) is 8.42 Å². The third-order valence-electron chi connectivity index (χ3n) is 1.80. The van der Waals surface area contributed by atoms with Crippen molar-refractivity contribution in [3.63, 3.8) is 0 Å². The van der Waals surface area contributed by atoms with Gasteiger partial charge in [-0.3, -0.25) is 19.5 Å². The molecule has 0 aliphatic heterocycles. The highest BCUT2D eigenvalue weighted by Gasteiger charge is 2.10. The second-order valence-corrected chi connectivity index (χ2v) is 5.52.